The van der Waals surface area contributed by atoms with Crippen molar-refractivity contribution in [1.82, 2.24) is 0 Å². The van der Waals surface area contributed by atoms with Crippen LogP contribution < -0.4 is 5.73 Å². The molecule has 2 N–H and O–H groups in total. The second kappa shape index (κ2) is 2.95. The van der Waals surface area contributed by atoms with Crippen molar-refractivity contribution >= 4 is 0 Å². The standard InChI is InChI=1S/C9H15NO/c10-9-2-1-7(5-9)8-3-4-11-6-8/h5,8-9H,1-4,6,10H2. The summed E-state index contributed by atoms with van der Waals surface area (Å²) in [7, 11) is 0. The van der Waals surface area contributed by atoms with Gasteiger partial charge >= 0.3 is 0 Å². The zero-order chi connectivity index (χ0) is 7.68. The Morgan fingerprint density at radius 2 is 2.36 bits per heavy atom. The van der Waals surface area contributed by atoms with Crippen LogP contribution in [-0.2, 0) is 4.74 Å². The molecule has 0 amide bonds. The fourth-order valence-corrected chi connectivity index (χ4v) is 1.94. The molecule has 2 atom stereocenters. The molecule has 11 heavy (non-hydrogen) atoms. The first kappa shape index (κ1) is 7.32. The van der Waals surface area contributed by atoms with E-state index >= 15 is 0 Å². The summed E-state index contributed by atoms with van der Waals surface area (Å²) in [6, 6.07) is 0.325. The van der Waals surface area contributed by atoms with Crippen LogP contribution in [0.2, 0.25) is 0 Å². The lowest BCUT2D eigenvalue weighted by molar-refractivity contribution is 0.190. The van der Waals surface area contributed by atoms with Crippen LogP contribution in [-0.4, -0.2) is 19.3 Å². The van der Waals surface area contributed by atoms with Crippen molar-refractivity contribution in [3.8, 4) is 0 Å². The normalized spacial score (nSPS) is 37.7. The van der Waals surface area contributed by atoms with E-state index in [2.05, 4.69) is 6.08 Å². The minimum absolute atomic E-state index is 0.325. The minimum atomic E-state index is 0.325. The summed E-state index contributed by atoms with van der Waals surface area (Å²) in [5, 5.41) is 0. The maximum absolute atomic E-state index is 5.78. The first-order chi connectivity index (χ1) is 5.36. The smallest absolute Gasteiger partial charge is 0.0532 e. The number of hydrogen-bond acceptors (Lipinski definition) is 2. The van der Waals surface area contributed by atoms with Gasteiger partial charge in [-0.2, -0.15) is 0 Å². The Kier molecular flexibility index (Phi) is 1.96. The maximum Gasteiger partial charge on any atom is 0.0532 e. The molecule has 1 aliphatic heterocycles. The second-order valence-corrected chi connectivity index (χ2v) is 3.50. The molecule has 0 aromatic rings. The van der Waals surface area contributed by atoms with Gasteiger partial charge in [-0.05, 0) is 19.3 Å². The molecule has 2 nitrogen and oxygen atoms in total. The average molecular weight is 153 g/mol. The van der Waals surface area contributed by atoms with Gasteiger partial charge in [0, 0.05) is 18.6 Å². The third-order valence-electron chi connectivity index (χ3n) is 2.65. The molecule has 62 valence electrons. The van der Waals surface area contributed by atoms with Gasteiger partial charge < -0.3 is 10.5 Å². The summed E-state index contributed by atoms with van der Waals surface area (Å²) in [4.78, 5) is 0. The summed E-state index contributed by atoms with van der Waals surface area (Å²) >= 11 is 0. The number of nitrogens with two attached hydrogens (primary N) is 1. The van der Waals surface area contributed by atoms with Crippen molar-refractivity contribution in [2.24, 2.45) is 11.7 Å². The lowest BCUT2D eigenvalue weighted by atomic mass is 9.98. The molecule has 2 rings (SSSR count). The second-order valence-electron chi connectivity index (χ2n) is 3.50. The van der Waals surface area contributed by atoms with Crippen molar-refractivity contribution in [2.75, 3.05) is 13.2 Å². The summed E-state index contributed by atoms with van der Waals surface area (Å²) in [6.45, 7) is 1.87. The van der Waals surface area contributed by atoms with Crippen LogP contribution in [0.25, 0.3) is 0 Å². The van der Waals surface area contributed by atoms with E-state index in [0.717, 1.165) is 19.6 Å². The predicted octanol–water partition coefficient (Wildman–Crippen LogP) is 1.07. The Balaban J connectivity index is 1.98. The van der Waals surface area contributed by atoms with E-state index in [1.54, 1.807) is 5.57 Å². The fourth-order valence-electron chi connectivity index (χ4n) is 1.94. The molecule has 0 radical (unpaired) electrons. The topological polar surface area (TPSA) is 35.2 Å². The van der Waals surface area contributed by atoms with E-state index in [4.69, 9.17) is 10.5 Å². The Labute approximate surface area is 67.4 Å². The van der Waals surface area contributed by atoms with Crippen LogP contribution in [0.3, 0.4) is 0 Å². The van der Waals surface area contributed by atoms with Gasteiger partial charge in [0.15, 0.2) is 0 Å². The van der Waals surface area contributed by atoms with Crippen LogP contribution in [0.5, 0.6) is 0 Å². The molecular weight excluding hydrogens is 138 g/mol. The third kappa shape index (κ3) is 1.47. The van der Waals surface area contributed by atoms with Gasteiger partial charge in [0.2, 0.25) is 0 Å². The fraction of sp³-hybridized carbons (Fsp3) is 0.778. The van der Waals surface area contributed by atoms with Gasteiger partial charge in [-0.1, -0.05) is 11.6 Å². The van der Waals surface area contributed by atoms with E-state index in [-0.39, 0.29) is 0 Å². The molecule has 0 spiro atoms. The molecule has 1 fully saturated rings. The lowest BCUT2D eigenvalue weighted by Crippen LogP contribution is -2.12. The van der Waals surface area contributed by atoms with Crippen molar-refractivity contribution in [2.45, 2.75) is 25.3 Å². The predicted molar refractivity (Wildman–Crippen MR) is 44.2 cm³/mol. The molecule has 0 aromatic heterocycles. The molecule has 1 aliphatic carbocycles. The number of hydrogen-bond donors (Lipinski definition) is 1. The Hall–Kier alpha value is -0.340. The van der Waals surface area contributed by atoms with Crippen molar-refractivity contribution in [3.63, 3.8) is 0 Å². The maximum atomic E-state index is 5.78. The van der Waals surface area contributed by atoms with E-state index in [9.17, 15) is 0 Å². The monoisotopic (exact) mass is 153 g/mol. The third-order valence-corrected chi connectivity index (χ3v) is 2.65. The zero-order valence-corrected chi connectivity index (χ0v) is 6.75. The highest BCUT2D eigenvalue weighted by molar-refractivity contribution is 5.17. The summed E-state index contributed by atoms with van der Waals surface area (Å²) in [5.41, 5.74) is 7.33. The van der Waals surface area contributed by atoms with Gasteiger partial charge in [0.05, 0.1) is 6.61 Å². The van der Waals surface area contributed by atoms with Crippen LogP contribution in [0.1, 0.15) is 19.3 Å². The molecule has 1 saturated heterocycles. The first-order valence-corrected chi connectivity index (χ1v) is 4.40. The molecule has 0 aromatic carbocycles. The van der Waals surface area contributed by atoms with E-state index in [1.165, 1.54) is 12.8 Å². The minimum Gasteiger partial charge on any atom is -0.381 e. The van der Waals surface area contributed by atoms with Gasteiger partial charge in [-0.15, -0.1) is 0 Å². The molecule has 0 bridgehead atoms. The van der Waals surface area contributed by atoms with Crippen molar-refractivity contribution in [3.05, 3.63) is 11.6 Å². The molecule has 2 aliphatic rings. The van der Waals surface area contributed by atoms with Gasteiger partial charge in [0.25, 0.3) is 0 Å². The average Bonchev–Trinajstić information content (AvgIpc) is 2.55. The molecular formula is C9H15NO. The van der Waals surface area contributed by atoms with Gasteiger partial charge in [0.1, 0.15) is 0 Å². The first-order valence-electron chi connectivity index (χ1n) is 4.40. The van der Waals surface area contributed by atoms with E-state index in [1.807, 2.05) is 0 Å². The van der Waals surface area contributed by atoms with E-state index in [0.29, 0.717) is 12.0 Å². The highest BCUT2D eigenvalue weighted by Gasteiger charge is 2.23. The van der Waals surface area contributed by atoms with Gasteiger partial charge in [-0.25, -0.2) is 0 Å². The number of ether oxygens (including phenoxy) is 1. The molecule has 2 unspecified atom stereocenters. The van der Waals surface area contributed by atoms with E-state index < -0.39 is 0 Å². The Morgan fingerprint density at radius 1 is 1.45 bits per heavy atom. The van der Waals surface area contributed by atoms with Crippen LogP contribution in [0.15, 0.2) is 11.6 Å². The van der Waals surface area contributed by atoms with Crippen LogP contribution in [0, 0.1) is 5.92 Å². The SMILES string of the molecule is NC1C=C(C2CCOC2)CC1. The van der Waals surface area contributed by atoms with Crippen molar-refractivity contribution in [1.29, 1.82) is 0 Å². The summed E-state index contributed by atoms with van der Waals surface area (Å²) in [5.74, 6) is 0.698. The Bertz CT molecular complexity index is 170. The quantitative estimate of drug-likeness (QED) is 0.572. The number of rotatable bonds is 1. The van der Waals surface area contributed by atoms with Crippen molar-refractivity contribution < 1.29 is 4.74 Å². The van der Waals surface area contributed by atoms with Crippen LogP contribution in [0.4, 0.5) is 0 Å². The Morgan fingerprint density at radius 3 is 2.91 bits per heavy atom. The summed E-state index contributed by atoms with van der Waals surface area (Å²) in [6.07, 6.45) is 5.79. The zero-order valence-electron chi connectivity index (χ0n) is 6.75. The lowest BCUT2D eigenvalue weighted by Gasteiger charge is -2.06. The van der Waals surface area contributed by atoms with Gasteiger partial charge in [-0.3, -0.25) is 0 Å². The molecule has 2 heteroatoms. The highest BCUT2D eigenvalue weighted by atomic mass is 16.5. The molecule has 1 heterocycles. The largest absolute Gasteiger partial charge is 0.381 e. The van der Waals surface area contributed by atoms with Crippen LogP contribution >= 0.6 is 0 Å². The highest BCUT2D eigenvalue weighted by Crippen LogP contribution is 2.29. The summed E-state index contributed by atoms with van der Waals surface area (Å²) < 4.78 is 5.32. The molecule has 0 saturated carbocycles.